The minimum absolute atomic E-state index is 0.0988. The van der Waals surface area contributed by atoms with Crippen LogP contribution in [0.3, 0.4) is 0 Å². The van der Waals surface area contributed by atoms with Gasteiger partial charge in [-0.2, -0.15) is 0 Å². The fraction of sp³-hybridized carbons (Fsp3) is 0.333. The molecule has 1 amide bonds. The molecule has 1 saturated heterocycles. The predicted molar refractivity (Wildman–Crippen MR) is 76.0 cm³/mol. The second-order valence-corrected chi connectivity index (χ2v) is 5.38. The van der Waals surface area contributed by atoms with Crippen LogP contribution < -0.4 is 10.6 Å². The Labute approximate surface area is 118 Å². The van der Waals surface area contributed by atoms with E-state index in [1.54, 1.807) is 17.0 Å². The largest absolute Gasteiger partial charge is 0.469 e. The summed E-state index contributed by atoms with van der Waals surface area (Å²) in [7, 11) is 1.33. The van der Waals surface area contributed by atoms with Crippen molar-refractivity contribution in [3.05, 3.63) is 21.8 Å². The second-order valence-electron chi connectivity index (χ2n) is 4.13. The van der Waals surface area contributed by atoms with Crippen molar-refractivity contribution in [2.75, 3.05) is 24.3 Å². The minimum Gasteiger partial charge on any atom is -0.469 e. The minimum atomic E-state index is -0.402. The van der Waals surface area contributed by atoms with E-state index in [1.807, 2.05) is 6.07 Å². The first kappa shape index (κ1) is 13.1. The number of nitrogens with two attached hydrogens (primary N) is 1. The number of carbonyl (C=O) groups excluding carboxylic acids is 2. The van der Waals surface area contributed by atoms with Crippen LogP contribution in [-0.4, -0.2) is 25.5 Å². The Bertz CT molecular complexity index is 504. The first-order chi connectivity index (χ1) is 8.52. The van der Waals surface area contributed by atoms with Gasteiger partial charge in [0.15, 0.2) is 0 Å². The Hall–Kier alpha value is -1.31. The van der Waals surface area contributed by atoms with Crippen LogP contribution >= 0.6 is 22.6 Å². The number of halogens is 1. The van der Waals surface area contributed by atoms with Crippen LogP contribution in [0.5, 0.6) is 0 Å². The molecule has 0 radical (unpaired) electrons. The summed E-state index contributed by atoms with van der Waals surface area (Å²) in [6.07, 6.45) is 0.179. The summed E-state index contributed by atoms with van der Waals surface area (Å²) < 4.78 is 5.67. The molecule has 18 heavy (non-hydrogen) atoms. The summed E-state index contributed by atoms with van der Waals surface area (Å²) in [6.45, 7) is 0.330. The van der Waals surface area contributed by atoms with Crippen LogP contribution in [0.25, 0.3) is 0 Å². The summed E-state index contributed by atoms with van der Waals surface area (Å²) >= 11 is 2.15. The van der Waals surface area contributed by atoms with E-state index < -0.39 is 5.92 Å². The van der Waals surface area contributed by atoms with Crippen LogP contribution in [-0.2, 0) is 14.3 Å². The first-order valence-corrected chi connectivity index (χ1v) is 6.54. The highest BCUT2D eigenvalue weighted by Crippen LogP contribution is 2.31. The van der Waals surface area contributed by atoms with Gasteiger partial charge in [-0.25, -0.2) is 0 Å². The molecule has 1 aliphatic heterocycles. The lowest BCUT2D eigenvalue weighted by molar-refractivity contribution is -0.145. The summed E-state index contributed by atoms with van der Waals surface area (Å²) in [6, 6.07) is 5.48. The number of methoxy groups -OCH3 is 1. The summed E-state index contributed by atoms with van der Waals surface area (Å²) in [4.78, 5) is 24.9. The van der Waals surface area contributed by atoms with Gasteiger partial charge >= 0.3 is 5.97 Å². The van der Waals surface area contributed by atoms with E-state index in [0.29, 0.717) is 17.9 Å². The lowest BCUT2D eigenvalue weighted by atomic mass is 10.1. The zero-order valence-corrected chi connectivity index (χ0v) is 12.0. The Morgan fingerprint density at radius 3 is 2.89 bits per heavy atom. The topological polar surface area (TPSA) is 72.6 Å². The van der Waals surface area contributed by atoms with Crippen molar-refractivity contribution in [2.45, 2.75) is 6.42 Å². The van der Waals surface area contributed by atoms with Gasteiger partial charge in [-0.05, 0) is 40.8 Å². The van der Waals surface area contributed by atoms with E-state index >= 15 is 0 Å². The van der Waals surface area contributed by atoms with Gasteiger partial charge in [-0.3, -0.25) is 9.59 Å². The molecular formula is C12H13IN2O3. The Balaban J connectivity index is 2.24. The Morgan fingerprint density at radius 1 is 1.56 bits per heavy atom. The molecule has 2 N–H and O–H groups in total. The fourth-order valence-corrected chi connectivity index (χ4v) is 2.55. The summed E-state index contributed by atoms with van der Waals surface area (Å²) in [5, 5.41) is 0. The van der Waals surface area contributed by atoms with E-state index in [-0.39, 0.29) is 18.3 Å². The molecule has 1 heterocycles. The third-order valence-electron chi connectivity index (χ3n) is 2.94. The highest BCUT2D eigenvalue weighted by Gasteiger charge is 2.36. The molecule has 1 unspecified atom stereocenters. The number of amides is 1. The molecule has 0 spiro atoms. The molecule has 0 bridgehead atoms. The molecule has 0 saturated carbocycles. The fourth-order valence-electron chi connectivity index (χ4n) is 2.04. The Kier molecular flexibility index (Phi) is 3.74. The molecule has 2 rings (SSSR count). The SMILES string of the molecule is COC(=O)C1CC(=O)N(c2ccc(I)cc2N)C1. The van der Waals surface area contributed by atoms with Gasteiger partial charge in [-0.15, -0.1) is 0 Å². The average molecular weight is 360 g/mol. The number of hydrogen-bond donors (Lipinski definition) is 1. The molecule has 0 aliphatic carbocycles. The quantitative estimate of drug-likeness (QED) is 0.492. The predicted octanol–water partition coefficient (Wildman–Crippen LogP) is 1.40. The summed E-state index contributed by atoms with van der Waals surface area (Å²) in [5.41, 5.74) is 7.10. The van der Waals surface area contributed by atoms with Crippen molar-refractivity contribution in [1.82, 2.24) is 0 Å². The van der Waals surface area contributed by atoms with Crippen molar-refractivity contribution < 1.29 is 14.3 Å². The number of rotatable bonds is 2. The van der Waals surface area contributed by atoms with Crippen LogP contribution in [0.4, 0.5) is 11.4 Å². The van der Waals surface area contributed by atoms with Crippen molar-refractivity contribution in [3.63, 3.8) is 0 Å². The monoisotopic (exact) mass is 360 g/mol. The molecule has 1 fully saturated rings. The van der Waals surface area contributed by atoms with E-state index in [2.05, 4.69) is 27.3 Å². The number of ether oxygens (including phenoxy) is 1. The van der Waals surface area contributed by atoms with Crippen molar-refractivity contribution >= 4 is 45.8 Å². The van der Waals surface area contributed by atoms with Crippen LogP contribution in [0.2, 0.25) is 0 Å². The van der Waals surface area contributed by atoms with Gasteiger partial charge in [-0.1, -0.05) is 0 Å². The molecule has 5 nitrogen and oxygen atoms in total. The lowest BCUT2D eigenvalue weighted by Gasteiger charge is -2.18. The zero-order valence-electron chi connectivity index (χ0n) is 9.85. The van der Waals surface area contributed by atoms with Gasteiger partial charge < -0.3 is 15.4 Å². The number of nitrogen functional groups attached to an aromatic ring is 1. The maximum absolute atomic E-state index is 11.9. The lowest BCUT2D eigenvalue weighted by Crippen LogP contribution is -2.27. The summed E-state index contributed by atoms with van der Waals surface area (Å²) in [5.74, 6) is -0.852. The van der Waals surface area contributed by atoms with Crippen molar-refractivity contribution in [2.24, 2.45) is 5.92 Å². The maximum atomic E-state index is 11.9. The maximum Gasteiger partial charge on any atom is 0.311 e. The van der Waals surface area contributed by atoms with Gasteiger partial charge in [0.05, 0.1) is 24.4 Å². The van der Waals surface area contributed by atoms with Crippen LogP contribution in [0.15, 0.2) is 18.2 Å². The van der Waals surface area contributed by atoms with E-state index in [0.717, 1.165) is 3.57 Å². The number of benzene rings is 1. The molecule has 1 aromatic rings. The van der Waals surface area contributed by atoms with Gasteiger partial charge in [0, 0.05) is 16.5 Å². The number of anilines is 2. The highest BCUT2D eigenvalue weighted by atomic mass is 127. The van der Waals surface area contributed by atoms with E-state index in [1.165, 1.54) is 7.11 Å². The Morgan fingerprint density at radius 2 is 2.28 bits per heavy atom. The molecular weight excluding hydrogens is 347 g/mol. The first-order valence-electron chi connectivity index (χ1n) is 5.46. The van der Waals surface area contributed by atoms with Gasteiger partial charge in [0.2, 0.25) is 5.91 Å². The molecule has 1 atom stereocenters. The van der Waals surface area contributed by atoms with Crippen LogP contribution in [0, 0.1) is 9.49 Å². The smallest absolute Gasteiger partial charge is 0.311 e. The zero-order chi connectivity index (χ0) is 13.3. The van der Waals surface area contributed by atoms with Crippen molar-refractivity contribution in [3.8, 4) is 0 Å². The number of nitrogens with zero attached hydrogens (tertiary/aromatic N) is 1. The normalized spacial score (nSPS) is 19.1. The van der Waals surface area contributed by atoms with Crippen LogP contribution in [0.1, 0.15) is 6.42 Å². The van der Waals surface area contributed by atoms with Gasteiger partial charge in [0.1, 0.15) is 0 Å². The third-order valence-corrected chi connectivity index (χ3v) is 3.61. The van der Waals surface area contributed by atoms with Gasteiger partial charge in [0.25, 0.3) is 0 Å². The molecule has 1 aliphatic rings. The standard InChI is InChI=1S/C12H13IN2O3/c1-18-12(17)7-4-11(16)15(6-7)10-3-2-8(13)5-9(10)14/h2-3,5,7H,4,6,14H2,1H3. The third kappa shape index (κ3) is 2.43. The molecule has 1 aromatic carbocycles. The molecule has 96 valence electrons. The average Bonchev–Trinajstić information content (AvgIpc) is 2.70. The number of esters is 1. The van der Waals surface area contributed by atoms with E-state index in [9.17, 15) is 9.59 Å². The molecule has 6 heteroatoms. The highest BCUT2D eigenvalue weighted by molar-refractivity contribution is 14.1. The molecule has 0 aromatic heterocycles. The van der Waals surface area contributed by atoms with Crippen molar-refractivity contribution in [1.29, 1.82) is 0 Å². The number of hydrogen-bond acceptors (Lipinski definition) is 4. The second kappa shape index (κ2) is 5.13. The van der Waals surface area contributed by atoms with E-state index in [4.69, 9.17) is 5.73 Å². The number of carbonyl (C=O) groups is 2.